The van der Waals surface area contributed by atoms with Crippen molar-refractivity contribution >= 4 is 5.91 Å². The predicted molar refractivity (Wildman–Crippen MR) is 52.4 cm³/mol. The molecule has 1 amide bonds. The van der Waals surface area contributed by atoms with Crippen LogP contribution < -0.4 is 0 Å². The number of amides is 1. The smallest absolute Gasteiger partial charge is 0.238 e. The van der Waals surface area contributed by atoms with Crippen molar-refractivity contribution in [2.75, 3.05) is 19.7 Å². The zero-order valence-electron chi connectivity index (χ0n) is 8.48. The van der Waals surface area contributed by atoms with Gasteiger partial charge in [-0.15, -0.1) is 0 Å². The molecular formula is C10H18N2O2. The molecule has 0 bridgehead atoms. The van der Waals surface area contributed by atoms with Gasteiger partial charge in [-0.1, -0.05) is 0 Å². The highest BCUT2D eigenvalue weighted by molar-refractivity contribution is 5.78. The Balaban J connectivity index is 1.91. The molecule has 2 fully saturated rings. The van der Waals surface area contributed by atoms with E-state index in [2.05, 4.69) is 5.01 Å². The van der Waals surface area contributed by atoms with Crippen LogP contribution in [0.1, 0.15) is 32.1 Å². The zero-order valence-corrected chi connectivity index (χ0v) is 8.48. The first-order valence-electron chi connectivity index (χ1n) is 5.50. The lowest BCUT2D eigenvalue weighted by Crippen LogP contribution is -2.49. The molecule has 0 aromatic carbocycles. The molecule has 1 saturated carbocycles. The van der Waals surface area contributed by atoms with Crippen molar-refractivity contribution in [3.63, 3.8) is 0 Å². The van der Waals surface area contributed by atoms with Gasteiger partial charge in [0.2, 0.25) is 5.91 Å². The minimum atomic E-state index is 0.212. The molecule has 14 heavy (non-hydrogen) atoms. The van der Waals surface area contributed by atoms with Gasteiger partial charge in [0.15, 0.2) is 0 Å². The quantitative estimate of drug-likeness (QED) is 0.710. The van der Waals surface area contributed by atoms with Crippen molar-refractivity contribution in [2.24, 2.45) is 0 Å². The van der Waals surface area contributed by atoms with Gasteiger partial charge in [-0.25, -0.2) is 5.01 Å². The minimum absolute atomic E-state index is 0.212. The lowest BCUT2D eigenvalue weighted by Gasteiger charge is -2.39. The van der Waals surface area contributed by atoms with E-state index in [9.17, 15) is 4.79 Å². The van der Waals surface area contributed by atoms with Crippen LogP contribution in [0.15, 0.2) is 0 Å². The summed E-state index contributed by atoms with van der Waals surface area (Å²) in [5.74, 6) is 0.271. The lowest BCUT2D eigenvalue weighted by atomic mass is 9.92. The van der Waals surface area contributed by atoms with Crippen LogP contribution in [0.3, 0.4) is 0 Å². The fourth-order valence-corrected chi connectivity index (χ4v) is 2.14. The standard InChI is InChI=1S/C10H18N2O2/c13-8-2-6-11-7-5-10(14)12(11)9-3-1-4-9/h9,13H,1-8H2. The van der Waals surface area contributed by atoms with Crippen molar-refractivity contribution in [1.29, 1.82) is 0 Å². The monoisotopic (exact) mass is 198 g/mol. The number of rotatable bonds is 4. The first kappa shape index (κ1) is 9.93. The van der Waals surface area contributed by atoms with Crippen LogP contribution >= 0.6 is 0 Å². The number of carbonyl (C=O) groups excluding carboxylic acids is 1. The maximum absolute atomic E-state index is 11.6. The fraction of sp³-hybridized carbons (Fsp3) is 0.900. The van der Waals surface area contributed by atoms with E-state index in [1.165, 1.54) is 6.42 Å². The first-order chi connectivity index (χ1) is 6.83. The molecule has 4 nitrogen and oxygen atoms in total. The van der Waals surface area contributed by atoms with Crippen molar-refractivity contribution in [1.82, 2.24) is 10.0 Å². The second kappa shape index (κ2) is 4.28. The summed E-state index contributed by atoms with van der Waals surface area (Å²) in [5.41, 5.74) is 0. The van der Waals surface area contributed by atoms with E-state index in [1.54, 1.807) is 0 Å². The molecule has 80 valence electrons. The fourth-order valence-electron chi connectivity index (χ4n) is 2.14. The largest absolute Gasteiger partial charge is 0.396 e. The molecule has 2 aliphatic rings. The summed E-state index contributed by atoms with van der Waals surface area (Å²) < 4.78 is 0. The van der Waals surface area contributed by atoms with Gasteiger partial charge in [-0.2, -0.15) is 0 Å². The molecule has 1 aliphatic carbocycles. The number of hydrogen-bond acceptors (Lipinski definition) is 3. The molecule has 2 rings (SSSR count). The molecule has 0 atom stereocenters. The number of aliphatic hydroxyl groups is 1. The maximum Gasteiger partial charge on any atom is 0.238 e. The summed E-state index contributed by atoms with van der Waals surface area (Å²) in [5, 5.41) is 12.8. The molecular weight excluding hydrogens is 180 g/mol. The van der Waals surface area contributed by atoms with Gasteiger partial charge in [0.1, 0.15) is 0 Å². The van der Waals surface area contributed by atoms with Crippen LogP contribution in [-0.4, -0.2) is 46.8 Å². The third kappa shape index (κ3) is 1.77. The van der Waals surface area contributed by atoms with Gasteiger partial charge in [0.05, 0.1) is 0 Å². The summed E-state index contributed by atoms with van der Waals surface area (Å²) in [6, 6.07) is 0.462. The number of hydrogen-bond donors (Lipinski definition) is 1. The van der Waals surface area contributed by atoms with E-state index in [-0.39, 0.29) is 12.5 Å². The van der Waals surface area contributed by atoms with Gasteiger partial charge < -0.3 is 5.11 Å². The Morgan fingerprint density at radius 3 is 2.79 bits per heavy atom. The number of carbonyl (C=O) groups is 1. The normalized spacial score (nSPS) is 24.4. The van der Waals surface area contributed by atoms with E-state index >= 15 is 0 Å². The Labute approximate surface area is 84.5 Å². The Kier molecular flexibility index (Phi) is 3.03. The molecule has 1 heterocycles. The summed E-state index contributed by atoms with van der Waals surface area (Å²) in [7, 11) is 0. The molecule has 0 spiro atoms. The van der Waals surface area contributed by atoms with Crippen LogP contribution in [-0.2, 0) is 4.79 Å². The topological polar surface area (TPSA) is 43.8 Å². The van der Waals surface area contributed by atoms with Gasteiger partial charge in [0.25, 0.3) is 0 Å². The van der Waals surface area contributed by atoms with E-state index < -0.39 is 0 Å². The average Bonchev–Trinajstić information content (AvgIpc) is 2.43. The highest BCUT2D eigenvalue weighted by atomic mass is 16.3. The van der Waals surface area contributed by atoms with Gasteiger partial charge in [0, 0.05) is 32.2 Å². The van der Waals surface area contributed by atoms with Gasteiger partial charge in [-0.3, -0.25) is 9.80 Å². The average molecular weight is 198 g/mol. The SMILES string of the molecule is O=C1CCN(CCCO)N1C1CCC1. The van der Waals surface area contributed by atoms with Crippen LogP contribution in [0.25, 0.3) is 0 Å². The maximum atomic E-state index is 11.6. The lowest BCUT2D eigenvalue weighted by molar-refractivity contribution is -0.146. The van der Waals surface area contributed by atoms with E-state index in [0.29, 0.717) is 12.5 Å². The van der Waals surface area contributed by atoms with Gasteiger partial charge in [-0.05, 0) is 25.7 Å². The number of aliphatic hydroxyl groups excluding tert-OH is 1. The Hall–Kier alpha value is -0.610. The summed E-state index contributed by atoms with van der Waals surface area (Å²) in [6.07, 6.45) is 4.98. The van der Waals surface area contributed by atoms with Crippen LogP contribution in [0.4, 0.5) is 0 Å². The second-order valence-corrected chi connectivity index (χ2v) is 4.10. The van der Waals surface area contributed by atoms with Crippen molar-refractivity contribution in [3.8, 4) is 0 Å². The predicted octanol–water partition coefficient (Wildman–Crippen LogP) is 0.371. The van der Waals surface area contributed by atoms with Crippen molar-refractivity contribution in [3.05, 3.63) is 0 Å². The van der Waals surface area contributed by atoms with E-state index in [4.69, 9.17) is 5.11 Å². The zero-order chi connectivity index (χ0) is 9.97. The van der Waals surface area contributed by atoms with Crippen LogP contribution in [0.2, 0.25) is 0 Å². The Bertz CT molecular complexity index is 216. The molecule has 0 unspecified atom stereocenters. The Morgan fingerprint density at radius 2 is 2.21 bits per heavy atom. The summed E-state index contributed by atoms with van der Waals surface area (Å²) in [6.45, 7) is 1.87. The van der Waals surface area contributed by atoms with E-state index in [0.717, 1.165) is 32.4 Å². The Morgan fingerprint density at radius 1 is 1.43 bits per heavy atom. The van der Waals surface area contributed by atoms with Crippen molar-refractivity contribution in [2.45, 2.75) is 38.1 Å². The molecule has 1 saturated heterocycles. The van der Waals surface area contributed by atoms with Crippen molar-refractivity contribution < 1.29 is 9.90 Å². The number of hydrazine groups is 1. The molecule has 4 heteroatoms. The minimum Gasteiger partial charge on any atom is -0.396 e. The molecule has 1 N–H and O–H groups in total. The first-order valence-corrected chi connectivity index (χ1v) is 5.50. The third-order valence-corrected chi connectivity index (χ3v) is 3.14. The van der Waals surface area contributed by atoms with Crippen LogP contribution in [0.5, 0.6) is 0 Å². The molecule has 0 aromatic heterocycles. The third-order valence-electron chi connectivity index (χ3n) is 3.14. The van der Waals surface area contributed by atoms with E-state index in [1.807, 2.05) is 5.01 Å². The summed E-state index contributed by atoms with van der Waals surface area (Å²) in [4.78, 5) is 11.6. The summed E-state index contributed by atoms with van der Waals surface area (Å²) >= 11 is 0. The van der Waals surface area contributed by atoms with Gasteiger partial charge >= 0.3 is 0 Å². The molecule has 0 radical (unpaired) electrons. The highest BCUT2D eigenvalue weighted by Gasteiger charge is 2.36. The molecule has 1 aliphatic heterocycles. The van der Waals surface area contributed by atoms with Crippen LogP contribution in [0, 0.1) is 0 Å². The second-order valence-electron chi connectivity index (χ2n) is 4.10. The number of nitrogens with zero attached hydrogens (tertiary/aromatic N) is 2. The molecule has 0 aromatic rings. The highest BCUT2D eigenvalue weighted by Crippen LogP contribution is 2.29.